The third-order valence-corrected chi connectivity index (χ3v) is 5.70. The molecule has 9 nitrogen and oxygen atoms in total. The first-order valence-corrected chi connectivity index (χ1v) is 10.6. The van der Waals surface area contributed by atoms with Crippen LogP contribution in [0.3, 0.4) is 0 Å². The minimum atomic E-state index is -1.27. The molecule has 0 aromatic heterocycles. The molecule has 0 unspecified atom stereocenters. The molecule has 2 aromatic carbocycles. The van der Waals surface area contributed by atoms with Crippen molar-refractivity contribution >= 4 is 52.5 Å². The summed E-state index contributed by atoms with van der Waals surface area (Å²) in [7, 11) is 2.58. The Balaban J connectivity index is 1.79. The van der Waals surface area contributed by atoms with Crippen molar-refractivity contribution in [2.24, 2.45) is 0 Å². The quantitative estimate of drug-likeness (QED) is 0.405. The number of carbonyl (C=O) groups excluding carboxylic acids is 4. The molecule has 172 valence electrons. The number of thioether (sulfide) groups is 1. The van der Waals surface area contributed by atoms with Crippen LogP contribution >= 0.6 is 23.4 Å². The first kappa shape index (κ1) is 24.1. The molecule has 0 atom stereocenters. The molecule has 1 fully saturated rings. The van der Waals surface area contributed by atoms with E-state index in [1.54, 1.807) is 18.2 Å². The highest BCUT2D eigenvalue weighted by Crippen LogP contribution is 2.39. The van der Waals surface area contributed by atoms with Gasteiger partial charge < -0.3 is 24.1 Å². The number of nitrogens with zero attached hydrogens (tertiary/aromatic N) is 1. The van der Waals surface area contributed by atoms with Gasteiger partial charge in [0.05, 0.1) is 30.1 Å². The maximum Gasteiger partial charge on any atom is 0.325 e. The van der Waals surface area contributed by atoms with Crippen molar-refractivity contribution in [1.29, 1.82) is 0 Å². The molecule has 1 aliphatic heterocycles. The molecular weight excluding hydrogens is 474 g/mol. The molecular formula is C22H17ClNO8S-. The molecule has 2 aromatic rings. The van der Waals surface area contributed by atoms with E-state index in [1.807, 2.05) is 0 Å². The van der Waals surface area contributed by atoms with Gasteiger partial charge in [-0.1, -0.05) is 35.9 Å². The summed E-state index contributed by atoms with van der Waals surface area (Å²) in [4.78, 5) is 47.7. The number of hydrogen-bond acceptors (Lipinski definition) is 9. The number of esters is 1. The Labute approximate surface area is 197 Å². The number of aromatic carboxylic acids is 1. The maximum atomic E-state index is 12.5. The van der Waals surface area contributed by atoms with Crippen LogP contribution in [0.25, 0.3) is 6.08 Å². The fourth-order valence-electron chi connectivity index (χ4n) is 2.84. The van der Waals surface area contributed by atoms with E-state index in [4.69, 9.17) is 21.1 Å². The van der Waals surface area contributed by atoms with E-state index < -0.39 is 29.6 Å². The normalized spacial score (nSPS) is 14.5. The van der Waals surface area contributed by atoms with Crippen LogP contribution in [0.15, 0.2) is 41.3 Å². The molecule has 0 saturated carbocycles. The summed E-state index contributed by atoms with van der Waals surface area (Å²) in [6.45, 7) is -0.380. The Kier molecular flexibility index (Phi) is 7.62. The lowest BCUT2D eigenvalue weighted by Crippen LogP contribution is -2.34. The van der Waals surface area contributed by atoms with Gasteiger partial charge in [-0.2, -0.15) is 0 Å². The summed E-state index contributed by atoms with van der Waals surface area (Å²) in [5, 5.41) is 10.5. The SMILES string of the molecule is COC(=O)CN1C(=O)S/C(=C/c2cc(Cl)c(OCc3ccc(C(=O)[O-])cc3)c(OC)c2)C1=O. The van der Waals surface area contributed by atoms with Crippen LogP contribution in [0.2, 0.25) is 5.02 Å². The summed E-state index contributed by atoms with van der Waals surface area (Å²) in [6, 6.07) is 9.10. The van der Waals surface area contributed by atoms with Crippen molar-refractivity contribution in [3.8, 4) is 11.5 Å². The summed E-state index contributed by atoms with van der Waals surface area (Å²) >= 11 is 7.06. The number of ether oxygens (including phenoxy) is 3. The van der Waals surface area contributed by atoms with Crippen LogP contribution in [0, 0.1) is 0 Å². The smallest absolute Gasteiger partial charge is 0.325 e. The second-order valence-corrected chi connectivity index (χ2v) is 8.05. The van der Waals surface area contributed by atoms with E-state index in [9.17, 15) is 24.3 Å². The number of rotatable bonds is 8. The second kappa shape index (κ2) is 10.4. The molecule has 1 saturated heterocycles. The van der Waals surface area contributed by atoms with Crippen LogP contribution in [-0.2, 0) is 20.9 Å². The maximum absolute atomic E-state index is 12.5. The Morgan fingerprint density at radius 3 is 2.45 bits per heavy atom. The molecule has 0 radical (unpaired) electrons. The highest BCUT2D eigenvalue weighted by atomic mass is 35.5. The summed E-state index contributed by atoms with van der Waals surface area (Å²) in [6.07, 6.45) is 1.46. The molecule has 0 N–H and O–H groups in total. The van der Waals surface area contributed by atoms with Gasteiger partial charge in [0.25, 0.3) is 11.1 Å². The Morgan fingerprint density at radius 1 is 1.15 bits per heavy atom. The number of amides is 2. The summed E-state index contributed by atoms with van der Waals surface area (Å²) in [5.74, 6) is -2.07. The lowest BCUT2D eigenvalue weighted by molar-refractivity contribution is -0.255. The number of carboxylic acids is 1. The van der Waals surface area contributed by atoms with E-state index in [0.29, 0.717) is 22.9 Å². The van der Waals surface area contributed by atoms with E-state index in [2.05, 4.69) is 4.74 Å². The van der Waals surface area contributed by atoms with Crippen molar-refractivity contribution in [2.45, 2.75) is 6.61 Å². The molecule has 2 amide bonds. The van der Waals surface area contributed by atoms with Gasteiger partial charge >= 0.3 is 5.97 Å². The Morgan fingerprint density at radius 2 is 1.85 bits per heavy atom. The van der Waals surface area contributed by atoms with Gasteiger partial charge in [-0.3, -0.25) is 19.3 Å². The van der Waals surface area contributed by atoms with Crippen LogP contribution in [0.5, 0.6) is 11.5 Å². The van der Waals surface area contributed by atoms with Gasteiger partial charge in [0.1, 0.15) is 13.2 Å². The second-order valence-electron chi connectivity index (χ2n) is 6.65. The van der Waals surface area contributed by atoms with Gasteiger partial charge in [0.15, 0.2) is 11.5 Å². The third-order valence-electron chi connectivity index (χ3n) is 4.51. The van der Waals surface area contributed by atoms with E-state index >= 15 is 0 Å². The molecule has 1 heterocycles. The zero-order chi connectivity index (χ0) is 24.1. The lowest BCUT2D eigenvalue weighted by atomic mass is 10.1. The molecule has 0 bridgehead atoms. The average molecular weight is 491 g/mol. The van der Waals surface area contributed by atoms with Crippen molar-refractivity contribution in [3.63, 3.8) is 0 Å². The predicted molar refractivity (Wildman–Crippen MR) is 118 cm³/mol. The predicted octanol–water partition coefficient (Wildman–Crippen LogP) is 2.50. The number of imide groups is 1. The van der Waals surface area contributed by atoms with Crippen LogP contribution in [-0.4, -0.2) is 48.7 Å². The summed E-state index contributed by atoms with van der Waals surface area (Å²) in [5.41, 5.74) is 1.22. The first-order valence-electron chi connectivity index (χ1n) is 9.36. The minimum Gasteiger partial charge on any atom is -0.545 e. The fraction of sp³-hybridized carbons (Fsp3) is 0.182. The molecule has 3 rings (SSSR count). The van der Waals surface area contributed by atoms with Gasteiger partial charge in [0, 0.05) is 0 Å². The highest BCUT2D eigenvalue weighted by Gasteiger charge is 2.36. The number of carbonyl (C=O) groups is 4. The number of carboxylic acid groups (broad SMARTS) is 1. The molecule has 33 heavy (non-hydrogen) atoms. The molecule has 1 aliphatic rings. The molecule has 11 heteroatoms. The zero-order valence-corrected chi connectivity index (χ0v) is 19.0. The number of methoxy groups -OCH3 is 2. The van der Waals surface area contributed by atoms with Crippen LogP contribution in [0.4, 0.5) is 4.79 Å². The molecule has 0 spiro atoms. The lowest BCUT2D eigenvalue weighted by Gasteiger charge is -2.14. The zero-order valence-electron chi connectivity index (χ0n) is 17.5. The van der Waals surface area contributed by atoms with Gasteiger partial charge in [-0.25, -0.2) is 0 Å². The van der Waals surface area contributed by atoms with Crippen molar-refractivity contribution in [1.82, 2.24) is 4.90 Å². The minimum absolute atomic E-state index is 0.0507. The Bertz CT molecular complexity index is 1150. The third kappa shape index (κ3) is 5.65. The van der Waals surface area contributed by atoms with Crippen molar-refractivity contribution in [2.75, 3.05) is 20.8 Å². The van der Waals surface area contributed by atoms with E-state index in [1.165, 1.54) is 31.4 Å². The number of benzene rings is 2. The van der Waals surface area contributed by atoms with Gasteiger partial charge in [0.2, 0.25) is 0 Å². The Hall–Kier alpha value is -3.50. The average Bonchev–Trinajstić information content (AvgIpc) is 3.05. The van der Waals surface area contributed by atoms with Crippen LogP contribution in [0.1, 0.15) is 21.5 Å². The van der Waals surface area contributed by atoms with Gasteiger partial charge in [-0.15, -0.1) is 0 Å². The first-order chi connectivity index (χ1) is 15.7. The van der Waals surface area contributed by atoms with Gasteiger partial charge in [-0.05, 0) is 46.7 Å². The monoisotopic (exact) mass is 490 g/mol. The topological polar surface area (TPSA) is 122 Å². The molecule has 0 aliphatic carbocycles. The standard InChI is InChI=1S/C22H18ClNO8S/c1-30-16-8-13(9-17-20(26)24(22(29)33-17)10-18(25)31-2)7-15(23)19(16)32-11-12-3-5-14(6-4-12)21(27)28/h3-9H,10-11H2,1-2H3,(H,27,28)/p-1/b17-9+. The van der Waals surface area contributed by atoms with E-state index in [0.717, 1.165) is 12.0 Å². The number of hydrogen-bond donors (Lipinski definition) is 0. The summed E-state index contributed by atoms with van der Waals surface area (Å²) < 4.78 is 15.6. The highest BCUT2D eigenvalue weighted by molar-refractivity contribution is 8.18. The number of halogens is 1. The fourth-order valence-corrected chi connectivity index (χ4v) is 3.95. The van der Waals surface area contributed by atoms with Crippen molar-refractivity contribution < 1.29 is 38.5 Å². The van der Waals surface area contributed by atoms with E-state index in [-0.39, 0.29) is 33.6 Å². The van der Waals surface area contributed by atoms with Crippen LogP contribution < -0.4 is 14.6 Å². The largest absolute Gasteiger partial charge is 0.545 e. The van der Waals surface area contributed by atoms with Crippen molar-refractivity contribution in [3.05, 3.63) is 63.0 Å².